The summed E-state index contributed by atoms with van der Waals surface area (Å²) >= 11 is 1.40. The smallest absolute Gasteiger partial charge is 0.296 e. The molecule has 2 aromatic rings. The van der Waals surface area contributed by atoms with Crippen LogP contribution in [0.2, 0.25) is 0 Å². The first kappa shape index (κ1) is 22.2. The van der Waals surface area contributed by atoms with Crippen molar-refractivity contribution in [3.05, 3.63) is 23.4 Å². The van der Waals surface area contributed by atoms with Crippen molar-refractivity contribution in [1.82, 2.24) is 15.5 Å². The molecule has 2 unspecified atom stereocenters. The molecule has 3 N–H and O–H groups in total. The highest BCUT2D eigenvalue weighted by Crippen LogP contribution is 2.21. The lowest BCUT2D eigenvalue weighted by molar-refractivity contribution is -0.122. The van der Waals surface area contributed by atoms with Crippen molar-refractivity contribution in [2.75, 3.05) is 11.5 Å². The minimum atomic E-state index is -3.47. The van der Waals surface area contributed by atoms with Gasteiger partial charge in [-0.1, -0.05) is 32.0 Å². The van der Waals surface area contributed by atoms with Gasteiger partial charge in [0.05, 0.1) is 28.5 Å². The number of amides is 1. The van der Waals surface area contributed by atoms with Crippen molar-refractivity contribution >= 4 is 32.9 Å². The quantitative estimate of drug-likeness (QED) is 0.538. The van der Waals surface area contributed by atoms with E-state index in [0.717, 1.165) is 4.88 Å². The number of nitrogens with two attached hydrogens (primary N) is 1. The normalized spacial score (nSPS) is 14.0. The maximum absolute atomic E-state index is 12.6. The number of ketones is 1. The molecule has 28 heavy (non-hydrogen) atoms. The molecule has 2 aromatic heterocycles. The van der Waals surface area contributed by atoms with Crippen LogP contribution in [0.3, 0.4) is 0 Å². The Bertz CT molecular complexity index is 906. The van der Waals surface area contributed by atoms with E-state index in [1.165, 1.54) is 11.3 Å². The van der Waals surface area contributed by atoms with Gasteiger partial charge in [0, 0.05) is 0 Å². The zero-order valence-corrected chi connectivity index (χ0v) is 17.5. The summed E-state index contributed by atoms with van der Waals surface area (Å²) < 4.78 is 29.1. The molecule has 0 aliphatic heterocycles. The van der Waals surface area contributed by atoms with E-state index < -0.39 is 39.4 Å². The molecule has 2 heterocycles. The number of carbonyl (C=O) groups excluding carboxylic acids is 2. The van der Waals surface area contributed by atoms with Crippen LogP contribution in [0.25, 0.3) is 10.7 Å². The van der Waals surface area contributed by atoms with Gasteiger partial charge in [0.1, 0.15) is 0 Å². The lowest BCUT2D eigenvalue weighted by Gasteiger charge is -2.18. The molecule has 0 aliphatic rings. The Labute approximate surface area is 167 Å². The fourth-order valence-corrected chi connectivity index (χ4v) is 5.03. The summed E-state index contributed by atoms with van der Waals surface area (Å²) in [6, 6.07) is 1.40. The Morgan fingerprint density at radius 1 is 1.32 bits per heavy atom. The molecule has 1 amide bonds. The molecule has 0 radical (unpaired) electrons. The molecular formula is C17H24N4O5S2. The van der Waals surface area contributed by atoms with E-state index >= 15 is 0 Å². The number of hydrogen-bond acceptors (Lipinski definition) is 9. The molecule has 9 nitrogen and oxygen atoms in total. The van der Waals surface area contributed by atoms with E-state index in [2.05, 4.69) is 15.5 Å². The Hall–Kier alpha value is -2.11. The number of rotatable bonds is 10. The van der Waals surface area contributed by atoms with Crippen LogP contribution in [0.15, 0.2) is 22.0 Å². The molecule has 0 saturated carbocycles. The second-order valence-corrected chi connectivity index (χ2v) is 9.91. The van der Waals surface area contributed by atoms with Crippen LogP contribution in [-0.2, 0) is 14.6 Å². The van der Waals surface area contributed by atoms with Gasteiger partial charge in [0.2, 0.25) is 17.5 Å². The third-order valence-corrected chi connectivity index (χ3v) is 6.68. The average molecular weight is 429 g/mol. The van der Waals surface area contributed by atoms with Gasteiger partial charge in [-0.2, -0.15) is 4.98 Å². The molecule has 0 fully saturated rings. The highest BCUT2D eigenvalue weighted by atomic mass is 32.2. The predicted octanol–water partition coefficient (Wildman–Crippen LogP) is 1.27. The number of aromatic nitrogens is 2. The van der Waals surface area contributed by atoms with Crippen LogP contribution in [0.1, 0.15) is 37.9 Å². The average Bonchev–Trinajstić information content (AvgIpc) is 3.27. The van der Waals surface area contributed by atoms with Crippen LogP contribution in [-0.4, -0.2) is 53.8 Å². The SMILES string of the molecule is CCC(NC(=O)C(N)CS(=O)(=O)CC(C)C)C(=O)c1nc(-c2cccs2)no1. The highest BCUT2D eigenvalue weighted by Gasteiger charge is 2.29. The number of Topliss-reactive ketones (excluding diaryl/α,β-unsaturated/α-hetero) is 1. The maximum Gasteiger partial charge on any atom is 0.296 e. The largest absolute Gasteiger partial charge is 0.344 e. The topological polar surface area (TPSA) is 145 Å². The first-order chi connectivity index (χ1) is 13.1. The fourth-order valence-electron chi connectivity index (χ4n) is 2.54. The summed E-state index contributed by atoms with van der Waals surface area (Å²) in [7, 11) is -3.47. The van der Waals surface area contributed by atoms with Crippen LogP contribution in [0.5, 0.6) is 0 Å². The fraction of sp³-hybridized carbons (Fsp3) is 0.529. The van der Waals surface area contributed by atoms with Crippen molar-refractivity contribution in [2.24, 2.45) is 11.7 Å². The van der Waals surface area contributed by atoms with Crippen LogP contribution in [0, 0.1) is 5.92 Å². The summed E-state index contributed by atoms with van der Waals surface area (Å²) in [6.07, 6.45) is 0.257. The third-order valence-electron chi connectivity index (χ3n) is 3.78. The molecule has 2 atom stereocenters. The van der Waals surface area contributed by atoms with Crippen LogP contribution >= 0.6 is 11.3 Å². The second-order valence-electron chi connectivity index (χ2n) is 6.81. The van der Waals surface area contributed by atoms with E-state index in [0.29, 0.717) is 0 Å². The molecule has 0 spiro atoms. The Morgan fingerprint density at radius 2 is 2.04 bits per heavy atom. The van der Waals surface area contributed by atoms with Gasteiger partial charge < -0.3 is 15.6 Å². The number of nitrogens with zero attached hydrogens (tertiary/aromatic N) is 2. The Balaban J connectivity index is 2.02. The summed E-state index contributed by atoms with van der Waals surface area (Å²) in [6.45, 7) is 5.23. The van der Waals surface area contributed by atoms with Gasteiger partial charge in [-0.15, -0.1) is 11.3 Å². The molecule has 0 aliphatic carbocycles. The van der Waals surface area contributed by atoms with Crippen molar-refractivity contribution in [1.29, 1.82) is 0 Å². The van der Waals surface area contributed by atoms with Gasteiger partial charge in [0.15, 0.2) is 9.84 Å². The van der Waals surface area contributed by atoms with E-state index in [4.69, 9.17) is 10.3 Å². The van der Waals surface area contributed by atoms with E-state index in [9.17, 15) is 18.0 Å². The molecule has 154 valence electrons. The zero-order chi connectivity index (χ0) is 20.9. The molecular weight excluding hydrogens is 404 g/mol. The first-order valence-corrected chi connectivity index (χ1v) is 11.5. The predicted molar refractivity (Wildman–Crippen MR) is 106 cm³/mol. The number of carbonyl (C=O) groups is 2. The standard InChI is InChI=1S/C17H24N4O5S2/c1-4-12(19-16(23)11(18)9-28(24,25)8-10(2)3)14(22)17-20-15(21-26-17)13-6-5-7-27-13/h5-7,10-12H,4,8-9,18H2,1-3H3,(H,19,23). The first-order valence-electron chi connectivity index (χ1n) is 8.81. The van der Waals surface area contributed by atoms with Gasteiger partial charge in [0.25, 0.3) is 5.89 Å². The monoisotopic (exact) mass is 428 g/mol. The number of nitrogens with one attached hydrogen (secondary N) is 1. The van der Waals surface area contributed by atoms with Gasteiger partial charge in [-0.05, 0) is 23.8 Å². The summed E-state index contributed by atoms with van der Waals surface area (Å²) in [5.41, 5.74) is 5.74. The second kappa shape index (κ2) is 9.39. The van der Waals surface area contributed by atoms with E-state index in [1.54, 1.807) is 26.8 Å². The van der Waals surface area contributed by atoms with Gasteiger partial charge >= 0.3 is 0 Å². The van der Waals surface area contributed by atoms with E-state index in [-0.39, 0.29) is 29.8 Å². The molecule has 0 aromatic carbocycles. The van der Waals surface area contributed by atoms with Crippen molar-refractivity contribution in [3.63, 3.8) is 0 Å². The van der Waals surface area contributed by atoms with Crippen LogP contribution < -0.4 is 11.1 Å². The number of hydrogen-bond donors (Lipinski definition) is 2. The lowest BCUT2D eigenvalue weighted by atomic mass is 10.1. The molecule has 0 bridgehead atoms. The third kappa shape index (κ3) is 5.94. The number of thiophene rings is 1. The van der Waals surface area contributed by atoms with Crippen molar-refractivity contribution < 1.29 is 22.5 Å². The van der Waals surface area contributed by atoms with Crippen LogP contribution in [0.4, 0.5) is 0 Å². The van der Waals surface area contributed by atoms with Gasteiger partial charge in [-0.25, -0.2) is 8.42 Å². The maximum atomic E-state index is 12.6. The Morgan fingerprint density at radius 3 is 2.61 bits per heavy atom. The van der Waals surface area contributed by atoms with E-state index in [1.807, 2.05) is 11.4 Å². The summed E-state index contributed by atoms with van der Waals surface area (Å²) in [5, 5.41) is 8.10. The summed E-state index contributed by atoms with van der Waals surface area (Å²) in [5.74, 6) is -1.82. The number of sulfone groups is 1. The minimum absolute atomic E-state index is 0.0579. The van der Waals surface area contributed by atoms with Gasteiger partial charge in [-0.3, -0.25) is 9.59 Å². The molecule has 0 saturated heterocycles. The van der Waals surface area contributed by atoms with Crippen molar-refractivity contribution in [3.8, 4) is 10.7 Å². The molecule has 2 rings (SSSR count). The minimum Gasteiger partial charge on any atom is -0.344 e. The lowest BCUT2D eigenvalue weighted by Crippen LogP contribution is -2.51. The van der Waals surface area contributed by atoms with Crippen molar-refractivity contribution in [2.45, 2.75) is 39.3 Å². The zero-order valence-electron chi connectivity index (χ0n) is 15.9. The summed E-state index contributed by atoms with van der Waals surface area (Å²) in [4.78, 5) is 29.7. The Kier molecular flexibility index (Phi) is 7.44. The highest BCUT2D eigenvalue weighted by molar-refractivity contribution is 7.91. The molecule has 11 heteroatoms.